The summed E-state index contributed by atoms with van der Waals surface area (Å²) in [5, 5.41) is 0. The summed E-state index contributed by atoms with van der Waals surface area (Å²) in [5.41, 5.74) is 14.2. The summed E-state index contributed by atoms with van der Waals surface area (Å²) in [5.74, 6) is 1.64. The number of anilines is 1. The summed E-state index contributed by atoms with van der Waals surface area (Å²) in [7, 11) is 3.10. The van der Waals surface area contributed by atoms with Crippen LogP contribution in [0.15, 0.2) is 82.9 Å². The van der Waals surface area contributed by atoms with E-state index in [4.69, 9.17) is 34.7 Å². The normalized spacial score (nSPS) is 18.3. The van der Waals surface area contributed by atoms with Crippen molar-refractivity contribution in [2.45, 2.75) is 44.8 Å². The number of amides is 2. The minimum atomic E-state index is -0.197. The van der Waals surface area contributed by atoms with Gasteiger partial charge in [0.05, 0.1) is 62.0 Å². The van der Waals surface area contributed by atoms with E-state index < -0.39 is 0 Å². The lowest BCUT2D eigenvalue weighted by Crippen LogP contribution is -2.44. The predicted octanol–water partition coefficient (Wildman–Crippen LogP) is 6.70. The number of aryl methyl sites for hydroxylation is 1. The Kier molecular flexibility index (Phi) is 8.62. The van der Waals surface area contributed by atoms with Gasteiger partial charge in [-0.25, -0.2) is 0 Å². The van der Waals surface area contributed by atoms with Crippen molar-refractivity contribution in [3.05, 3.63) is 106 Å². The molecule has 11 heteroatoms. The van der Waals surface area contributed by atoms with Crippen LogP contribution in [0.25, 0.3) is 5.57 Å². The Labute approximate surface area is 302 Å². The molecule has 4 heterocycles. The molecule has 4 aliphatic rings. The van der Waals surface area contributed by atoms with E-state index in [0.29, 0.717) is 83.8 Å². The molecule has 2 unspecified atom stereocenters. The average Bonchev–Trinajstić information content (AvgIpc) is 3.48. The Morgan fingerprint density at radius 3 is 2.02 bits per heavy atom. The molecule has 264 valence electrons. The van der Waals surface area contributed by atoms with Crippen LogP contribution in [0.1, 0.15) is 55.8 Å². The van der Waals surface area contributed by atoms with E-state index in [9.17, 15) is 9.59 Å². The standard InChI is InChI=1S/C41H39N5O6/c1-24-5-6-26-14-30-20-43-34-18-38(36(49-2)16-32(34)40(47)45(30)22-27(26)13-24)51-11-4-12-52-39-19-35-33(17-37(39)50-3)41(48)46-23-28(15-31(46)21-44-35)25-7-9-29(42)10-8-25/h5-10,13,16-21,23,30-31H,4,11-12,14-15,22,42H2,1-3H3. The van der Waals surface area contributed by atoms with Crippen molar-refractivity contribution in [2.24, 2.45) is 9.98 Å². The van der Waals surface area contributed by atoms with Crippen LogP contribution in [0.2, 0.25) is 0 Å². The number of nitrogens with two attached hydrogens (primary N) is 1. The Morgan fingerprint density at radius 2 is 1.37 bits per heavy atom. The highest BCUT2D eigenvalue weighted by Crippen LogP contribution is 2.41. The fourth-order valence-electron chi connectivity index (χ4n) is 7.21. The van der Waals surface area contributed by atoms with Crippen molar-refractivity contribution in [3.63, 3.8) is 0 Å². The van der Waals surface area contributed by atoms with E-state index in [1.807, 2.05) is 47.8 Å². The van der Waals surface area contributed by atoms with Gasteiger partial charge in [0.15, 0.2) is 23.0 Å². The van der Waals surface area contributed by atoms with Crippen LogP contribution in [0.4, 0.5) is 17.1 Å². The number of carbonyl (C=O) groups excluding carboxylic acids is 2. The number of rotatable bonds is 9. The quantitative estimate of drug-likeness (QED) is 0.152. The monoisotopic (exact) mass is 697 g/mol. The molecular formula is C41H39N5O6. The summed E-state index contributed by atoms with van der Waals surface area (Å²) in [4.78, 5) is 40.5. The summed E-state index contributed by atoms with van der Waals surface area (Å²) in [6.07, 6.45) is 7.47. The Bertz CT molecular complexity index is 2180. The maximum atomic E-state index is 13.8. The number of hydrogen-bond donors (Lipinski definition) is 1. The highest BCUT2D eigenvalue weighted by atomic mass is 16.5. The van der Waals surface area contributed by atoms with Crippen LogP contribution >= 0.6 is 0 Å². The van der Waals surface area contributed by atoms with Gasteiger partial charge in [-0.3, -0.25) is 19.6 Å². The van der Waals surface area contributed by atoms with Gasteiger partial charge in [-0.2, -0.15) is 0 Å². The van der Waals surface area contributed by atoms with Gasteiger partial charge in [0, 0.05) is 55.8 Å². The summed E-state index contributed by atoms with van der Waals surface area (Å²) >= 11 is 0. The molecule has 4 aromatic rings. The first-order valence-corrected chi connectivity index (χ1v) is 17.4. The zero-order chi connectivity index (χ0) is 35.9. The van der Waals surface area contributed by atoms with Crippen molar-refractivity contribution in [3.8, 4) is 23.0 Å². The Balaban J connectivity index is 0.922. The molecule has 0 aliphatic carbocycles. The van der Waals surface area contributed by atoms with Gasteiger partial charge < -0.3 is 34.5 Å². The second kappa shape index (κ2) is 13.6. The number of carbonyl (C=O) groups is 2. The van der Waals surface area contributed by atoms with Crippen LogP contribution in [-0.2, 0) is 13.0 Å². The first kappa shape index (κ1) is 33.1. The minimum Gasteiger partial charge on any atom is -0.493 e. The molecule has 0 saturated carbocycles. The number of ether oxygens (including phenoxy) is 4. The summed E-state index contributed by atoms with van der Waals surface area (Å²) < 4.78 is 23.5. The summed E-state index contributed by atoms with van der Waals surface area (Å²) in [6, 6.07) is 20.6. The molecule has 0 aromatic heterocycles. The maximum absolute atomic E-state index is 13.8. The molecule has 0 radical (unpaired) electrons. The van der Waals surface area contributed by atoms with Gasteiger partial charge >= 0.3 is 0 Å². The predicted molar refractivity (Wildman–Crippen MR) is 200 cm³/mol. The number of nitrogens with zero attached hydrogens (tertiary/aromatic N) is 4. The van der Waals surface area contributed by atoms with E-state index in [-0.39, 0.29) is 23.9 Å². The Hall–Kier alpha value is -6.10. The second-order valence-electron chi connectivity index (χ2n) is 13.4. The van der Waals surface area contributed by atoms with Gasteiger partial charge in [0.1, 0.15) is 0 Å². The third-order valence-electron chi connectivity index (χ3n) is 9.99. The van der Waals surface area contributed by atoms with E-state index >= 15 is 0 Å². The number of nitrogen functional groups attached to an aromatic ring is 1. The van der Waals surface area contributed by atoms with Crippen LogP contribution in [-0.4, -0.2) is 73.6 Å². The summed E-state index contributed by atoms with van der Waals surface area (Å²) in [6.45, 7) is 3.23. The van der Waals surface area contributed by atoms with E-state index in [1.165, 1.54) is 16.7 Å². The fraction of sp³-hybridized carbons (Fsp3) is 0.268. The van der Waals surface area contributed by atoms with Crippen molar-refractivity contribution >= 4 is 46.9 Å². The van der Waals surface area contributed by atoms with Crippen molar-refractivity contribution in [1.29, 1.82) is 0 Å². The molecule has 2 atom stereocenters. The van der Waals surface area contributed by atoms with Gasteiger partial charge in [-0.15, -0.1) is 0 Å². The van der Waals surface area contributed by atoms with Gasteiger partial charge in [-0.1, -0.05) is 35.9 Å². The number of benzene rings is 4. The molecule has 2 amide bonds. The van der Waals surface area contributed by atoms with Crippen LogP contribution in [0.5, 0.6) is 23.0 Å². The minimum absolute atomic E-state index is 0.0802. The second-order valence-corrected chi connectivity index (χ2v) is 13.4. The molecule has 4 aromatic carbocycles. The lowest BCUT2D eigenvalue weighted by atomic mass is 9.93. The molecule has 8 rings (SSSR count). The smallest absolute Gasteiger partial charge is 0.260 e. The first-order chi connectivity index (χ1) is 25.3. The lowest BCUT2D eigenvalue weighted by Gasteiger charge is -2.34. The molecule has 0 fully saturated rings. The van der Waals surface area contributed by atoms with Crippen molar-refractivity contribution in [1.82, 2.24) is 9.80 Å². The van der Waals surface area contributed by atoms with Crippen LogP contribution in [0, 0.1) is 6.92 Å². The van der Waals surface area contributed by atoms with Crippen LogP contribution < -0.4 is 24.7 Å². The highest BCUT2D eigenvalue weighted by Gasteiger charge is 2.35. The van der Waals surface area contributed by atoms with Gasteiger partial charge in [0.25, 0.3) is 11.8 Å². The molecule has 0 bridgehead atoms. The van der Waals surface area contributed by atoms with Gasteiger partial charge in [0.2, 0.25) is 0 Å². The fourth-order valence-corrected chi connectivity index (χ4v) is 7.21. The molecule has 4 aliphatic heterocycles. The van der Waals surface area contributed by atoms with Crippen molar-refractivity contribution in [2.75, 3.05) is 33.2 Å². The van der Waals surface area contributed by atoms with E-state index in [0.717, 1.165) is 17.6 Å². The van der Waals surface area contributed by atoms with Crippen molar-refractivity contribution < 1.29 is 28.5 Å². The van der Waals surface area contributed by atoms with Crippen LogP contribution in [0.3, 0.4) is 0 Å². The molecular weight excluding hydrogens is 658 g/mol. The topological polar surface area (TPSA) is 128 Å². The molecule has 0 saturated heterocycles. The highest BCUT2D eigenvalue weighted by molar-refractivity contribution is 6.06. The molecule has 52 heavy (non-hydrogen) atoms. The molecule has 11 nitrogen and oxygen atoms in total. The number of aliphatic imine (C=N–C) groups is 2. The number of hydrogen-bond acceptors (Lipinski definition) is 9. The molecule has 2 N–H and O–H groups in total. The van der Waals surface area contributed by atoms with E-state index in [2.05, 4.69) is 25.1 Å². The Morgan fingerprint density at radius 1 is 0.731 bits per heavy atom. The zero-order valence-electron chi connectivity index (χ0n) is 29.3. The average molecular weight is 698 g/mol. The zero-order valence-corrected chi connectivity index (χ0v) is 29.3. The first-order valence-electron chi connectivity index (χ1n) is 17.4. The SMILES string of the molecule is COc1cc2c(cc1OCCCOc1cc3c(cc1OC)C(=O)N1Cc4cc(C)ccc4CC1C=N3)N=CC1CC(c3ccc(N)cc3)=CN1C2=O. The third kappa shape index (κ3) is 6.12. The van der Waals surface area contributed by atoms with Gasteiger partial charge in [-0.05, 0) is 59.9 Å². The maximum Gasteiger partial charge on any atom is 0.260 e. The largest absolute Gasteiger partial charge is 0.493 e. The third-order valence-corrected chi connectivity index (χ3v) is 9.99. The lowest BCUT2D eigenvalue weighted by molar-refractivity contribution is 0.0702. The molecule has 0 spiro atoms. The van der Waals surface area contributed by atoms with E-state index in [1.54, 1.807) is 43.4 Å². The number of methoxy groups -OCH3 is 2. The number of fused-ring (bicyclic) bond motifs is 5.